The number of sulfonamides is 1. The normalized spacial score (nSPS) is 10.9. The molecule has 144 valence electrons. The van der Waals surface area contributed by atoms with Gasteiger partial charge in [-0.15, -0.1) is 0 Å². The molecule has 0 atom stereocenters. The van der Waals surface area contributed by atoms with E-state index >= 15 is 0 Å². The Bertz CT molecular complexity index is 940. The second kappa shape index (κ2) is 8.54. The van der Waals surface area contributed by atoms with Gasteiger partial charge < -0.3 is 14.6 Å². The Hall–Kier alpha value is -3.07. The van der Waals surface area contributed by atoms with Crippen LogP contribution in [0.5, 0.6) is 17.2 Å². The molecule has 0 heterocycles. The number of Topliss-reactive ketones (excluding diaryl/α,β-unsaturated/α-hetero) is 1. The maximum absolute atomic E-state index is 12.3. The van der Waals surface area contributed by atoms with Crippen molar-refractivity contribution in [2.75, 3.05) is 17.6 Å². The minimum atomic E-state index is -3.67. The van der Waals surface area contributed by atoms with Crippen molar-refractivity contribution in [3.63, 3.8) is 0 Å². The number of carbonyl (C=O) groups is 2. The maximum atomic E-state index is 12.3. The maximum Gasteiger partial charge on any atom is 0.313 e. The van der Waals surface area contributed by atoms with Gasteiger partial charge in [-0.2, -0.15) is 0 Å². The van der Waals surface area contributed by atoms with E-state index in [9.17, 15) is 23.1 Å². The van der Waals surface area contributed by atoms with Gasteiger partial charge in [-0.1, -0.05) is 18.2 Å². The average Bonchev–Trinajstić information content (AvgIpc) is 2.56. The predicted molar refractivity (Wildman–Crippen MR) is 98.7 cm³/mol. The quantitative estimate of drug-likeness (QED) is 0.402. The van der Waals surface area contributed by atoms with E-state index in [1.54, 1.807) is 37.3 Å². The summed E-state index contributed by atoms with van der Waals surface area (Å²) in [4.78, 5) is 23.8. The van der Waals surface area contributed by atoms with Crippen LogP contribution in [0.2, 0.25) is 0 Å². The zero-order valence-electron chi connectivity index (χ0n) is 14.8. The number of benzene rings is 2. The number of esters is 1. The lowest BCUT2D eigenvalue weighted by molar-refractivity contribution is -0.141. The number of hydrogen-bond donors (Lipinski definition) is 2. The Labute approximate surface area is 156 Å². The number of phenols is 1. The Morgan fingerprint density at radius 1 is 1.15 bits per heavy atom. The summed E-state index contributed by atoms with van der Waals surface area (Å²) < 4.78 is 35.7. The standard InChI is InChI=1S/C18H19NO7S/c1-3-25-18(22)11-16(21)13-9-17(26-12-7-5-4-6-8-12)14(10-15(13)20)19-27(2,23)24/h4-10,19-20H,3,11H2,1-2H3. The Morgan fingerprint density at radius 3 is 2.41 bits per heavy atom. The molecule has 2 aromatic rings. The summed E-state index contributed by atoms with van der Waals surface area (Å²) in [6, 6.07) is 10.7. The van der Waals surface area contributed by atoms with E-state index in [0.717, 1.165) is 12.3 Å². The molecule has 0 aliphatic carbocycles. The van der Waals surface area contributed by atoms with Crippen LogP contribution < -0.4 is 9.46 Å². The summed E-state index contributed by atoms with van der Waals surface area (Å²) in [7, 11) is -3.67. The molecule has 2 rings (SSSR count). The molecule has 0 spiro atoms. The Kier molecular flexibility index (Phi) is 6.40. The molecular weight excluding hydrogens is 374 g/mol. The molecule has 0 aliphatic rings. The summed E-state index contributed by atoms with van der Waals surface area (Å²) in [5, 5.41) is 10.1. The van der Waals surface area contributed by atoms with Crippen LogP contribution in [-0.4, -0.2) is 38.1 Å². The smallest absolute Gasteiger partial charge is 0.313 e. The fourth-order valence-electron chi connectivity index (χ4n) is 2.21. The van der Waals surface area contributed by atoms with Gasteiger partial charge in [-0.25, -0.2) is 8.42 Å². The topological polar surface area (TPSA) is 119 Å². The third kappa shape index (κ3) is 6.00. The summed E-state index contributed by atoms with van der Waals surface area (Å²) >= 11 is 0. The average molecular weight is 393 g/mol. The fourth-order valence-corrected chi connectivity index (χ4v) is 2.77. The van der Waals surface area contributed by atoms with Crippen molar-refractivity contribution >= 4 is 27.5 Å². The van der Waals surface area contributed by atoms with Crippen molar-refractivity contribution in [2.45, 2.75) is 13.3 Å². The number of hydrogen-bond acceptors (Lipinski definition) is 7. The number of phenolic OH excluding ortho intramolecular Hbond substituents is 1. The molecule has 2 aromatic carbocycles. The van der Waals surface area contributed by atoms with Crippen LogP contribution in [0, 0.1) is 0 Å². The van der Waals surface area contributed by atoms with Crippen molar-refractivity contribution in [1.29, 1.82) is 0 Å². The van der Waals surface area contributed by atoms with E-state index in [4.69, 9.17) is 9.47 Å². The highest BCUT2D eigenvalue weighted by Crippen LogP contribution is 2.36. The van der Waals surface area contributed by atoms with Crippen molar-refractivity contribution in [3.8, 4) is 17.2 Å². The summed E-state index contributed by atoms with van der Waals surface area (Å²) in [5.74, 6) is -1.52. The zero-order valence-corrected chi connectivity index (χ0v) is 15.6. The lowest BCUT2D eigenvalue weighted by Gasteiger charge is -2.15. The number of para-hydroxylation sites is 1. The second-order valence-electron chi connectivity index (χ2n) is 5.56. The third-order valence-electron chi connectivity index (χ3n) is 3.27. The highest BCUT2D eigenvalue weighted by atomic mass is 32.2. The lowest BCUT2D eigenvalue weighted by Crippen LogP contribution is -2.13. The molecule has 8 nitrogen and oxygen atoms in total. The van der Waals surface area contributed by atoms with E-state index < -0.39 is 33.9 Å². The predicted octanol–water partition coefficient (Wildman–Crippen LogP) is 2.69. The molecule has 27 heavy (non-hydrogen) atoms. The molecule has 0 saturated heterocycles. The molecule has 0 bridgehead atoms. The molecule has 0 radical (unpaired) electrons. The van der Waals surface area contributed by atoms with Crippen LogP contribution in [0.3, 0.4) is 0 Å². The first-order valence-electron chi connectivity index (χ1n) is 7.96. The number of nitrogens with one attached hydrogen (secondary N) is 1. The van der Waals surface area contributed by atoms with Crippen LogP contribution in [0.4, 0.5) is 5.69 Å². The number of ketones is 1. The Balaban J connectivity index is 2.43. The van der Waals surface area contributed by atoms with E-state index in [-0.39, 0.29) is 23.6 Å². The monoisotopic (exact) mass is 393 g/mol. The van der Waals surface area contributed by atoms with Crippen LogP contribution in [-0.2, 0) is 19.6 Å². The largest absolute Gasteiger partial charge is 0.507 e. The number of carbonyl (C=O) groups excluding carboxylic acids is 2. The first-order chi connectivity index (χ1) is 12.7. The molecule has 0 aromatic heterocycles. The van der Waals surface area contributed by atoms with E-state index in [1.807, 2.05) is 0 Å². The molecule has 0 saturated carbocycles. The molecule has 2 N–H and O–H groups in total. The number of anilines is 1. The first kappa shape index (κ1) is 20.2. The highest BCUT2D eigenvalue weighted by molar-refractivity contribution is 7.92. The summed E-state index contributed by atoms with van der Waals surface area (Å²) in [6.07, 6.45) is 0.376. The first-order valence-corrected chi connectivity index (χ1v) is 9.85. The van der Waals surface area contributed by atoms with Gasteiger partial charge in [-0.3, -0.25) is 14.3 Å². The minimum Gasteiger partial charge on any atom is -0.507 e. The second-order valence-corrected chi connectivity index (χ2v) is 7.31. The van der Waals surface area contributed by atoms with Crippen molar-refractivity contribution in [3.05, 3.63) is 48.0 Å². The summed E-state index contributed by atoms with van der Waals surface area (Å²) in [6.45, 7) is 1.73. The van der Waals surface area contributed by atoms with Crippen molar-refractivity contribution < 1.29 is 32.6 Å². The highest BCUT2D eigenvalue weighted by Gasteiger charge is 2.21. The number of rotatable bonds is 8. The molecule has 0 amide bonds. The minimum absolute atomic E-state index is 0.00312. The van der Waals surface area contributed by atoms with Crippen molar-refractivity contribution in [2.24, 2.45) is 0 Å². The van der Waals surface area contributed by atoms with Gasteiger partial charge in [0.2, 0.25) is 10.0 Å². The van der Waals surface area contributed by atoms with Gasteiger partial charge >= 0.3 is 5.97 Å². The van der Waals surface area contributed by atoms with Gasteiger partial charge in [0.05, 0.1) is 24.1 Å². The SMILES string of the molecule is CCOC(=O)CC(=O)c1cc(Oc2ccccc2)c(NS(C)(=O)=O)cc1O. The molecule has 0 aliphatic heterocycles. The van der Waals surface area contributed by atoms with Crippen LogP contribution in [0.25, 0.3) is 0 Å². The summed E-state index contributed by atoms with van der Waals surface area (Å²) in [5.41, 5.74) is -0.237. The van der Waals surface area contributed by atoms with Crippen LogP contribution in [0.1, 0.15) is 23.7 Å². The fraction of sp³-hybridized carbons (Fsp3) is 0.222. The number of ether oxygens (including phenoxy) is 2. The van der Waals surface area contributed by atoms with Gasteiger partial charge in [0, 0.05) is 6.07 Å². The molecule has 0 unspecified atom stereocenters. The van der Waals surface area contributed by atoms with E-state index in [1.165, 1.54) is 6.07 Å². The van der Waals surface area contributed by atoms with Crippen LogP contribution in [0.15, 0.2) is 42.5 Å². The van der Waals surface area contributed by atoms with Gasteiger partial charge in [0.1, 0.15) is 17.9 Å². The third-order valence-corrected chi connectivity index (χ3v) is 3.87. The van der Waals surface area contributed by atoms with E-state index in [2.05, 4.69) is 4.72 Å². The van der Waals surface area contributed by atoms with Crippen LogP contribution >= 0.6 is 0 Å². The van der Waals surface area contributed by atoms with Gasteiger partial charge in [0.25, 0.3) is 0 Å². The zero-order chi connectivity index (χ0) is 20.0. The molecular formula is C18H19NO7S. The van der Waals surface area contributed by atoms with Gasteiger partial charge in [-0.05, 0) is 25.1 Å². The molecule has 9 heteroatoms. The van der Waals surface area contributed by atoms with Crippen molar-refractivity contribution in [1.82, 2.24) is 0 Å². The number of aromatic hydroxyl groups is 1. The van der Waals surface area contributed by atoms with Gasteiger partial charge in [0.15, 0.2) is 11.5 Å². The lowest BCUT2D eigenvalue weighted by atomic mass is 10.1. The Morgan fingerprint density at radius 2 is 1.81 bits per heavy atom. The molecule has 0 fully saturated rings. The van der Waals surface area contributed by atoms with E-state index in [0.29, 0.717) is 5.75 Å².